The molecule has 0 unspecified atom stereocenters. The van der Waals surface area contributed by atoms with Crippen LogP contribution in [0.1, 0.15) is 18.1 Å². The first-order valence-electron chi connectivity index (χ1n) is 9.54. The summed E-state index contributed by atoms with van der Waals surface area (Å²) in [6, 6.07) is 10.4. The topological polar surface area (TPSA) is 109 Å². The highest BCUT2D eigenvalue weighted by Crippen LogP contribution is 2.31. The van der Waals surface area contributed by atoms with Gasteiger partial charge in [0, 0.05) is 5.69 Å². The van der Waals surface area contributed by atoms with Crippen LogP contribution in [-0.4, -0.2) is 30.0 Å². The third kappa shape index (κ3) is 6.02. The van der Waals surface area contributed by atoms with E-state index in [1.165, 1.54) is 0 Å². The number of amides is 1. The molecule has 174 valence electrons. The van der Waals surface area contributed by atoms with Crippen LogP contribution in [-0.2, 0) is 27.2 Å². The predicted octanol–water partition coefficient (Wildman–Crippen LogP) is 3.91. The first-order chi connectivity index (χ1) is 15.5. The Kier molecular flexibility index (Phi) is 7.28. The maximum absolute atomic E-state index is 12.9. The fourth-order valence-electron chi connectivity index (χ4n) is 2.75. The average molecular weight is 498 g/mol. The van der Waals surface area contributed by atoms with E-state index in [-0.39, 0.29) is 16.8 Å². The van der Waals surface area contributed by atoms with Crippen molar-refractivity contribution >= 4 is 33.2 Å². The second kappa shape index (κ2) is 9.79. The van der Waals surface area contributed by atoms with Gasteiger partial charge in [0.1, 0.15) is 0 Å². The van der Waals surface area contributed by atoms with Crippen molar-refractivity contribution in [3.05, 3.63) is 76.2 Å². The fourth-order valence-corrected chi connectivity index (χ4v) is 4.67. The SMILES string of the molecule is CCc1ccc(NC(=O)CSc2ncc(S(=O)(=O)c3cccc(C(F)(F)F)c3)c(=O)[nH]2)cc1. The Bertz CT molecular complexity index is 1320. The van der Waals surface area contributed by atoms with Gasteiger partial charge in [-0.2, -0.15) is 13.2 Å². The number of aromatic nitrogens is 2. The van der Waals surface area contributed by atoms with Crippen LogP contribution in [0.2, 0.25) is 0 Å². The number of benzene rings is 2. The summed E-state index contributed by atoms with van der Waals surface area (Å²) in [5, 5.41) is 2.67. The zero-order chi connectivity index (χ0) is 24.2. The van der Waals surface area contributed by atoms with Gasteiger partial charge in [-0.25, -0.2) is 13.4 Å². The van der Waals surface area contributed by atoms with Crippen LogP contribution in [0.25, 0.3) is 0 Å². The Balaban J connectivity index is 1.71. The van der Waals surface area contributed by atoms with Crippen molar-refractivity contribution in [2.75, 3.05) is 11.1 Å². The largest absolute Gasteiger partial charge is 0.416 e. The molecule has 1 amide bonds. The van der Waals surface area contributed by atoms with Gasteiger partial charge in [-0.1, -0.05) is 36.9 Å². The Morgan fingerprint density at radius 1 is 1.15 bits per heavy atom. The van der Waals surface area contributed by atoms with Crippen molar-refractivity contribution in [2.24, 2.45) is 0 Å². The van der Waals surface area contributed by atoms with E-state index in [1.54, 1.807) is 12.1 Å². The third-order valence-electron chi connectivity index (χ3n) is 4.49. The first-order valence-corrected chi connectivity index (χ1v) is 12.0. The molecule has 7 nitrogen and oxygen atoms in total. The number of alkyl halides is 3. The molecule has 2 N–H and O–H groups in total. The number of rotatable bonds is 7. The normalized spacial score (nSPS) is 11.9. The Morgan fingerprint density at radius 2 is 1.85 bits per heavy atom. The van der Waals surface area contributed by atoms with Gasteiger partial charge < -0.3 is 10.3 Å². The maximum Gasteiger partial charge on any atom is 0.416 e. The van der Waals surface area contributed by atoms with Crippen LogP contribution in [0.5, 0.6) is 0 Å². The van der Waals surface area contributed by atoms with Crippen LogP contribution in [0, 0.1) is 0 Å². The first kappa shape index (κ1) is 24.5. The number of nitrogens with one attached hydrogen (secondary N) is 2. The molecular weight excluding hydrogens is 479 g/mol. The van der Waals surface area contributed by atoms with Gasteiger partial charge in [0.05, 0.1) is 22.4 Å². The molecule has 0 radical (unpaired) electrons. The summed E-state index contributed by atoms with van der Waals surface area (Å²) in [4.78, 5) is 29.0. The van der Waals surface area contributed by atoms with Crippen LogP contribution in [0.3, 0.4) is 0 Å². The van der Waals surface area contributed by atoms with Gasteiger partial charge >= 0.3 is 6.18 Å². The Labute approximate surface area is 191 Å². The second-order valence-electron chi connectivity index (χ2n) is 6.80. The smallest absolute Gasteiger partial charge is 0.325 e. The molecule has 0 aliphatic rings. The van der Waals surface area contributed by atoms with Crippen LogP contribution in [0.4, 0.5) is 18.9 Å². The van der Waals surface area contributed by atoms with E-state index in [0.717, 1.165) is 48.1 Å². The standard InChI is InChI=1S/C21H18F3N3O4S2/c1-2-13-6-8-15(9-7-13)26-18(28)12-32-20-25-11-17(19(29)27-20)33(30,31)16-5-3-4-14(10-16)21(22,23)24/h3-11H,2,12H2,1H3,(H,26,28)(H,25,27,29). The molecule has 0 saturated carbocycles. The van der Waals surface area contributed by atoms with Gasteiger partial charge in [-0.3, -0.25) is 9.59 Å². The minimum atomic E-state index is -4.74. The summed E-state index contributed by atoms with van der Waals surface area (Å²) in [6.45, 7) is 2.01. The molecule has 0 spiro atoms. The number of hydrogen-bond donors (Lipinski definition) is 2. The number of carbonyl (C=O) groups is 1. The molecule has 0 bridgehead atoms. The third-order valence-corrected chi connectivity index (χ3v) is 7.12. The zero-order valence-corrected chi connectivity index (χ0v) is 18.8. The molecule has 1 heterocycles. The second-order valence-corrected chi connectivity index (χ2v) is 9.68. The van der Waals surface area contributed by atoms with Gasteiger partial charge in [0.25, 0.3) is 5.56 Å². The number of carbonyl (C=O) groups excluding carboxylic acids is 1. The predicted molar refractivity (Wildman–Crippen MR) is 117 cm³/mol. The lowest BCUT2D eigenvalue weighted by Gasteiger charge is -2.09. The fraction of sp³-hybridized carbons (Fsp3) is 0.190. The zero-order valence-electron chi connectivity index (χ0n) is 17.1. The van der Waals surface area contributed by atoms with Gasteiger partial charge in [0.2, 0.25) is 15.7 Å². The van der Waals surface area contributed by atoms with Crippen molar-refractivity contribution in [3.8, 4) is 0 Å². The number of sulfone groups is 1. The number of aromatic amines is 1. The van der Waals surface area contributed by atoms with E-state index in [9.17, 15) is 31.2 Å². The van der Waals surface area contributed by atoms with E-state index in [1.807, 2.05) is 19.1 Å². The highest BCUT2D eigenvalue weighted by molar-refractivity contribution is 7.99. The molecule has 2 aromatic carbocycles. The number of aryl methyl sites for hydroxylation is 1. The molecule has 12 heteroatoms. The molecule has 33 heavy (non-hydrogen) atoms. The highest BCUT2D eigenvalue weighted by Gasteiger charge is 2.32. The number of anilines is 1. The number of thioether (sulfide) groups is 1. The Hall–Kier alpha value is -3.12. The highest BCUT2D eigenvalue weighted by atomic mass is 32.2. The lowest BCUT2D eigenvalue weighted by Crippen LogP contribution is -2.20. The number of hydrogen-bond acceptors (Lipinski definition) is 6. The monoisotopic (exact) mass is 497 g/mol. The van der Waals surface area contributed by atoms with E-state index >= 15 is 0 Å². The van der Waals surface area contributed by atoms with Crippen LogP contribution in [0.15, 0.2) is 74.5 Å². The van der Waals surface area contributed by atoms with Crippen LogP contribution < -0.4 is 10.9 Å². The lowest BCUT2D eigenvalue weighted by atomic mass is 10.1. The minimum absolute atomic E-state index is 0.0144. The average Bonchev–Trinajstić information content (AvgIpc) is 2.77. The summed E-state index contributed by atoms with van der Waals surface area (Å²) in [5.74, 6) is -0.481. The van der Waals surface area contributed by atoms with Crippen molar-refractivity contribution < 1.29 is 26.4 Å². The maximum atomic E-state index is 12.9. The van der Waals surface area contributed by atoms with Crippen molar-refractivity contribution in [1.29, 1.82) is 0 Å². The van der Waals surface area contributed by atoms with Crippen molar-refractivity contribution in [3.63, 3.8) is 0 Å². The summed E-state index contributed by atoms with van der Waals surface area (Å²) >= 11 is 0.868. The van der Waals surface area contributed by atoms with Crippen molar-refractivity contribution in [2.45, 2.75) is 34.5 Å². The van der Waals surface area contributed by atoms with E-state index in [2.05, 4.69) is 15.3 Å². The number of H-pyrrole nitrogens is 1. The summed E-state index contributed by atoms with van der Waals surface area (Å²) in [7, 11) is -4.54. The summed E-state index contributed by atoms with van der Waals surface area (Å²) < 4.78 is 64.0. The molecule has 0 atom stereocenters. The molecule has 0 aliphatic carbocycles. The molecule has 3 rings (SSSR count). The van der Waals surface area contributed by atoms with E-state index < -0.39 is 36.9 Å². The van der Waals surface area contributed by atoms with Gasteiger partial charge in [-0.15, -0.1) is 0 Å². The molecule has 3 aromatic rings. The quantitative estimate of drug-likeness (QED) is 0.378. The molecule has 0 fully saturated rings. The number of halogens is 3. The molecule has 0 saturated heterocycles. The molecule has 1 aromatic heterocycles. The van der Waals surface area contributed by atoms with E-state index in [4.69, 9.17) is 0 Å². The summed E-state index contributed by atoms with van der Waals surface area (Å²) in [5.41, 5.74) is -0.498. The molecule has 0 aliphatic heterocycles. The van der Waals surface area contributed by atoms with Gasteiger partial charge in [0.15, 0.2) is 10.1 Å². The van der Waals surface area contributed by atoms with E-state index in [0.29, 0.717) is 11.8 Å². The minimum Gasteiger partial charge on any atom is -0.325 e. The molecular formula is C21H18F3N3O4S2. The van der Waals surface area contributed by atoms with Gasteiger partial charge in [-0.05, 0) is 42.3 Å². The Morgan fingerprint density at radius 3 is 2.45 bits per heavy atom. The van der Waals surface area contributed by atoms with Crippen LogP contribution >= 0.6 is 11.8 Å². The lowest BCUT2D eigenvalue weighted by molar-refractivity contribution is -0.137. The van der Waals surface area contributed by atoms with Crippen molar-refractivity contribution in [1.82, 2.24) is 9.97 Å². The number of nitrogens with zero attached hydrogens (tertiary/aromatic N) is 1. The summed E-state index contributed by atoms with van der Waals surface area (Å²) in [6.07, 6.45) is -3.12.